The number of hydrogen-bond acceptors (Lipinski definition) is 7. The van der Waals surface area contributed by atoms with E-state index in [1.807, 2.05) is 30.3 Å². The van der Waals surface area contributed by atoms with Crippen LogP contribution in [0, 0.1) is 0 Å². The number of benzene rings is 1. The number of carbonyl (C=O) groups excluding carboxylic acids is 1. The average molecular weight is 374 g/mol. The van der Waals surface area contributed by atoms with Crippen molar-refractivity contribution in [2.24, 2.45) is 10.7 Å². The maximum absolute atomic E-state index is 11.2. The van der Waals surface area contributed by atoms with Crippen LogP contribution in [0.4, 0.5) is 11.8 Å². The molecule has 0 spiro atoms. The van der Waals surface area contributed by atoms with Gasteiger partial charge in [0, 0.05) is 26.0 Å². The Morgan fingerprint density at radius 2 is 2.12 bits per heavy atom. The highest BCUT2D eigenvalue weighted by Gasteiger charge is 2.06. The Kier molecular flexibility index (Phi) is 7.38. The fourth-order valence-electron chi connectivity index (χ4n) is 1.89. The predicted molar refractivity (Wildman–Crippen MR) is 104 cm³/mol. The second-order valence-electron chi connectivity index (χ2n) is 5.12. The number of rotatable bonds is 8. The number of halogens is 1. The molecule has 0 saturated carbocycles. The second-order valence-corrected chi connectivity index (χ2v) is 5.53. The molecule has 0 atom stereocenters. The largest absolute Gasteiger partial charge is 0.403 e. The first-order valence-electron chi connectivity index (χ1n) is 7.82. The number of allylic oxidation sites excluding steroid dienone is 1. The van der Waals surface area contributed by atoms with Crippen LogP contribution in [0.1, 0.15) is 5.56 Å². The molecule has 9 heteroatoms. The molecular formula is C17H20ClN7O. The Morgan fingerprint density at radius 1 is 1.35 bits per heavy atom. The first kappa shape index (κ1) is 19.2. The third kappa shape index (κ3) is 6.06. The quantitative estimate of drug-likeness (QED) is 0.524. The fraction of sp³-hybridized carbons (Fsp3) is 0.176. The van der Waals surface area contributed by atoms with Gasteiger partial charge in [-0.2, -0.15) is 4.98 Å². The van der Waals surface area contributed by atoms with Crippen LogP contribution in [-0.4, -0.2) is 35.7 Å². The molecule has 5 N–H and O–H groups in total. The van der Waals surface area contributed by atoms with Gasteiger partial charge in [0.15, 0.2) is 5.82 Å². The first-order valence-corrected chi connectivity index (χ1v) is 8.20. The number of nitrogens with two attached hydrogens (primary N) is 1. The van der Waals surface area contributed by atoms with Gasteiger partial charge in [-0.05, 0) is 5.56 Å². The smallest absolute Gasteiger partial charge is 0.241 e. The van der Waals surface area contributed by atoms with E-state index in [1.165, 1.54) is 18.6 Å². The van der Waals surface area contributed by atoms with Crippen LogP contribution < -0.4 is 21.7 Å². The molecule has 0 unspecified atom stereocenters. The molecular weight excluding hydrogens is 354 g/mol. The molecule has 26 heavy (non-hydrogen) atoms. The molecule has 2 aromatic rings. The number of likely N-dealkylation sites (N-methyl/N-ethyl adjacent to an activating group) is 1. The van der Waals surface area contributed by atoms with Gasteiger partial charge in [0.05, 0.1) is 11.9 Å². The van der Waals surface area contributed by atoms with Crippen molar-refractivity contribution in [1.82, 2.24) is 15.3 Å². The summed E-state index contributed by atoms with van der Waals surface area (Å²) in [5, 5.41) is 8.96. The van der Waals surface area contributed by atoms with Crippen molar-refractivity contribution in [2.75, 3.05) is 24.2 Å². The van der Waals surface area contributed by atoms with Crippen molar-refractivity contribution in [1.29, 1.82) is 0 Å². The van der Waals surface area contributed by atoms with Crippen molar-refractivity contribution in [3.05, 3.63) is 59.0 Å². The molecule has 136 valence electrons. The number of aliphatic imine (C=N–C) groups is 1. The zero-order chi connectivity index (χ0) is 18.8. The summed E-state index contributed by atoms with van der Waals surface area (Å²) in [6, 6.07) is 9.87. The lowest BCUT2D eigenvalue weighted by Gasteiger charge is -2.10. The van der Waals surface area contributed by atoms with E-state index in [1.54, 1.807) is 7.05 Å². The highest BCUT2D eigenvalue weighted by molar-refractivity contribution is 6.32. The van der Waals surface area contributed by atoms with E-state index in [-0.39, 0.29) is 12.5 Å². The number of nitrogens with one attached hydrogen (secondary N) is 3. The molecule has 1 heterocycles. The van der Waals surface area contributed by atoms with E-state index in [0.29, 0.717) is 29.0 Å². The van der Waals surface area contributed by atoms with Crippen LogP contribution in [0.5, 0.6) is 0 Å². The number of amides is 1. The molecule has 0 aliphatic carbocycles. The summed E-state index contributed by atoms with van der Waals surface area (Å²) in [7, 11) is 1.54. The van der Waals surface area contributed by atoms with E-state index in [0.717, 1.165) is 5.56 Å². The molecule has 0 radical (unpaired) electrons. The van der Waals surface area contributed by atoms with Crippen molar-refractivity contribution in [3.8, 4) is 0 Å². The molecule has 0 saturated heterocycles. The van der Waals surface area contributed by atoms with E-state index < -0.39 is 0 Å². The van der Waals surface area contributed by atoms with Gasteiger partial charge < -0.3 is 21.7 Å². The summed E-state index contributed by atoms with van der Waals surface area (Å²) in [5.74, 6) is 0.590. The molecule has 2 rings (SSSR count). The van der Waals surface area contributed by atoms with Crippen molar-refractivity contribution in [3.63, 3.8) is 0 Å². The maximum Gasteiger partial charge on any atom is 0.241 e. The minimum atomic E-state index is -0.201. The van der Waals surface area contributed by atoms with E-state index in [9.17, 15) is 4.79 Å². The summed E-state index contributed by atoms with van der Waals surface area (Å²) in [4.78, 5) is 23.6. The molecule has 1 aromatic carbocycles. The summed E-state index contributed by atoms with van der Waals surface area (Å²) in [6.07, 6.45) is 4.23. The number of anilines is 2. The van der Waals surface area contributed by atoms with Gasteiger partial charge in [-0.25, -0.2) is 4.98 Å². The van der Waals surface area contributed by atoms with Gasteiger partial charge in [-0.1, -0.05) is 41.9 Å². The highest BCUT2D eigenvalue weighted by Crippen LogP contribution is 2.20. The van der Waals surface area contributed by atoms with Gasteiger partial charge >= 0.3 is 0 Å². The standard InChI is InChI=1S/C17H20ClN7O/c1-20-15(26)11-21-9-13(7-19)24-17-23-10-14(18)16(25-17)22-8-12-5-3-2-4-6-12/h2-7,9-10H,8,11,19H2,1H3,(H,20,26)(H2,22,23,24,25)/b13-7+,21-9?. The fourth-order valence-corrected chi connectivity index (χ4v) is 2.04. The zero-order valence-corrected chi connectivity index (χ0v) is 15.0. The van der Waals surface area contributed by atoms with E-state index in [4.69, 9.17) is 17.3 Å². The van der Waals surface area contributed by atoms with Crippen LogP contribution in [0.25, 0.3) is 0 Å². The van der Waals surface area contributed by atoms with Crippen LogP contribution in [0.3, 0.4) is 0 Å². The second kappa shape index (κ2) is 10.00. The molecule has 8 nitrogen and oxygen atoms in total. The molecule has 0 bridgehead atoms. The Hall–Kier alpha value is -3.13. The van der Waals surface area contributed by atoms with E-state index in [2.05, 4.69) is 30.9 Å². The molecule has 0 aliphatic heterocycles. The van der Waals surface area contributed by atoms with Crippen LogP contribution >= 0.6 is 11.6 Å². The molecule has 0 fully saturated rings. The molecule has 1 amide bonds. The lowest BCUT2D eigenvalue weighted by atomic mass is 10.2. The third-order valence-corrected chi connectivity index (χ3v) is 3.50. The minimum absolute atomic E-state index is 0.000869. The lowest BCUT2D eigenvalue weighted by Crippen LogP contribution is -2.20. The lowest BCUT2D eigenvalue weighted by molar-refractivity contribution is -0.119. The summed E-state index contributed by atoms with van der Waals surface area (Å²) < 4.78 is 0. The summed E-state index contributed by atoms with van der Waals surface area (Å²) in [5.41, 5.74) is 7.11. The topological polar surface area (TPSA) is 117 Å². The molecule has 0 aliphatic rings. The van der Waals surface area contributed by atoms with Gasteiger partial charge in [0.2, 0.25) is 11.9 Å². The highest BCUT2D eigenvalue weighted by atomic mass is 35.5. The van der Waals surface area contributed by atoms with Crippen LogP contribution in [0.15, 0.2) is 53.4 Å². The third-order valence-electron chi connectivity index (χ3n) is 3.23. The summed E-state index contributed by atoms with van der Waals surface area (Å²) in [6.45, 7) is 0.574. The van der Waals surface area contributed by atoms with Crippen LogP contribution in [0.2, 0.25) is 5.02 Å². The maximum atomic E-state index is 11.2. The summed E-state index contributed by atoms with van der Waals surface area (Å²) >= 11 is 6.14. The van der Waals surface area contributed by atoms with Gasteiger partial charge in [-0.15, -0.1) is 0 Å². The van der Waals surface area contributed by atoms with E-state index >= 15 is 0 Å². The Bertz CT molecular complexity index is 793. The van der Waals surface area contributed by atoms with Gasteiger partial charge in [-0.3, -0.25) is 9.79 Å². The monoisotopic (exact) mass is 373 g/mol. The Balaban J connectivity index is 2.02. The van der Waals surface area contributed by atoms with Crippen molar-refractivity contribution in [2.45, 2.75) is 6.54 Å². The number of carbonyl (C=O) groups is 1. The van der Waals surface area contributed by atoms with Crippen molar-refractivity contribution < 1.29 is 4.79 Å². The van der Waals surface area contributed by atoms with Gasteiger partial charge in [0.1, 0.15) is 11.6 Å². The zero-order valence-electron chi connectivity index (χ0n) is 14.2. The Labute approximate surface area is 156 Å². The number of nitrogens with zero attached hydrogens (tertiary/aromatic N) is 3. The van der Waals surface area contributed by atoms with Gasteiger partial charge in [0.25, 0.3) is 0 Å². The first-order chi connectivity index (χ1) is 12.6. The minimum Gasteiger partial charge on any atom is -0.403 e. The van der Waals surface area contributed by atoms with Crippen molar-refractivity contribution >= 4 is 35.5 Å². The average Bonchev–Trinajstić information content (AvgIpc) is 2.68. The normalized spacial score (nSPS) is 11.4. The van der Waals surface area contributed by atoms with Crippen LogP contribution in [-0.2, 0) is 11.3 Å². The molecule has 1 aromatic heterocycles. The number of aromatic nitrogens is 2. The Morgan fingerprint density at radius 3 is 2.81 bits per heavy atom. The number of hydrogen-bond donors (Lipinski definition) is 4. The SMILES string of the molecule is CNC(=O)CN=C/C(=C\N)Nc1ncc(Cl)c(NCc2ccccc2)n1. The predicted octanol–water partition coefficient (Wildman–Crippen LogP) is 1.77.